The zero-order valence-electron chi connectivity index (χ0n) is 18.8. The number of carbonyl (C=O) groups is 1. The molecule has 2 aromatic carbocycles. The molecule has 168 valence electrons. The Hall–Kier alpha value is -3.26. The molecule has 0 radical (unpaired) electrons. The molecule has 32 heavy (non-hydrogen) atoms. The van der Waals surface area contributed by atoms with Gasteiger partial charge >= 0.3 is 0 Å². The Morgan fingerprint density at radius 1 is 1.00 bits per heavy atom. The molecule has 0 saturated carbocycles. The summed E-state index contributed by atoms with van der Waals surface area (Å²) < 4.78 is 13.1. The third-order valence-corrected chi connectivity index (χ3v) is 5.84. The van der Waals surface area contributed by atoms with Crippen molar-refractivity contribution in [3.8, 4) is 5.69 Å². The Morgan fingerprint density at radius 3 is 2.41 bits per heavy atom. The van der Waals surface area contributed by atoms with Crippen molar-refractivity contribution in [1.82, 2.24) is 25.2 Å². The first-order valence-electron chi connectivity index (χ1n) is 10.9. The van der Waals surface area contributed by atoms with Gasteiger partial charge in [0.25, 0.3) is 5.91 Å². The number of aryl methyl sites for hydroxylation is 3. The van der Waals surface area contributed by atoms with Gasteiger partial charge in [0, 0.05) is 45.0 Å². The van der Waals surface area contributed by atoms with Crippen LogP contribution in [0.3, 0.4) is 0 Å². The van der Waals surface area contributed by atoms with E-state index in [9.17, 15) is 9.18 Å². The number of nitrogens with zero attached hydrogens (tertiary/aromatic N) is 5. The fraction of sp³-hybridized carbons (Fsp3) is 0.375. The molecule has 4 rings (SSSR count). The van der Waals surface area contributed by atoms with Crippen molar-refractivity contribution in [3.63, 3.8) is 0 Å². The van der Waals surface area contributed by atoms with Gasteiger partial charge in [-0.1, -0.05) is 17.7 Å². The molecule has 0 spiro atoms. The van der Waals surface area contributed by atoms with Crippen molar-refractivity contribution in [2.24, 2.45) is 0 Å². The smallest absolute Gasteiger partial charge is 0.273 e. The number of hydrogen-bond donors (Lipinski definition) is 1. The lowest BCUT2D eigenvalue weighted by Gasteiger charge is -2.36. The van der Waals surface area contributed by atoms with Crippen molar-refractivity contribution in [2.45, 2.75) is 20.8 Å². The maximum atomic E-state index is 13.1. The number of amides is 1. The minimum Gasteiger partial charge on any atom is -0.369 e. The zero-order chi connectivity index (χ0) is 22.7. The van der Waals surface area contributed by atoms with Gasteiger partial charge in [-0.05, 0) is 56.7 Å². The first-order valence-corrected chi connectivity index (χ1v) is 10.9. The summed E-state index contributed by atoms with van der Waals surface area (Å²) in [6, 6.07) is 12.7. The molecular formula is C24H29FN6O. The number of halogens is 1. The van der Waals surface area contributed by atoms with Crippen molar-refractivity contribution in [2.75, 3.05) is 44.2 Å². The maximum absolute atomic E-state index is 13.1. The summed E-state index contributed by atoms with van der Waals surface area (Å²) in [6.45, 7) is 10.7. The fourth-order valence-corrected chi connectivity index (χ4v) is 4.02. The minimum absolute atomic E-state index is 0.205. The summed E-state index contributed by atoms with van der Waals surface area (Å²) in [5.41, 5.74) is 5.11. The van der Waals surface area contributed by atoms with Gasteiger partial charge in [-0.3, -0.25) is 9.69 Å². The lowest BCUT2D eigenvalue weighted by atomic mass is 10.1. The summed E-state index contributed by atoms with van der Waals surface area (Å²) in [6.07, 6.45) is 0. The van der Waals surface area contributed by atoms with E-state index >= 15 is 0 Å². The van der Waals surface area contributed by atoms with Crippen LogP contribution in [0, 0.1) is 26.6 Å². The third-order valence-electron chi connectivity index (χ3n) is 5.84. The van der Waals surface area contributed by atoms with E-state index in [1.165, 1.54) is 22.5 Å². The zero-order valence-corrected chi connectivity index (χ0v) is 18.8. The van der Waals surface area contributed by atoms with Crippen molar-refractivity contribution >= 4 is 11.6 Å². The van der Waals surface area contributed by atoms with Crippen LogP contribution in [0.25, 0.3) is 5.69 Å². The number of aromatic nitrogens is 3. The van der Waals surface area contributed by atoms with Crippen LogP contribution in [0.2, 0.25) is 0 Å². The monoisotopic (exact) mass is 436 g/mol. The number of benzene rings is 2. The number of hydrogen-bond acceptors (Lipinski definition) is 5. The van der Waals surface area contributed by atoms with Gasteiger partial charge in [-0.2, -0.15) is 9.90 Å². The normalized spacial score (nSPS) is 14.6. The third kappa shape index (κ3) is 4.96. The van der Waals surface area contributed by atoms with Gasteiger partial charge in [0.1, 0.15) is 5.82 Å². The van der Waals surface area contributed by atoms with Crippen LogP contribution in [0.1, 0.15) is 27.3 Å². The molecule has 0 unspecified atom stereocenters. The number of anilines is 1. The lowest BCUT2D eigenvalue weighted by molar-refractivity contribution is 0.0941. The van der Waals surface area contributed by atoms with Crippen LogP contribution in [0.15, 0.2) is 42.5 Å². The highest BCUT2D eigenvalue weighted by atomic mass is 19.1. The van der Waals surface area contributed by atoms with E-state index in [-0.39, 0.29) is 11.7 Å². The Bertz CT molecular complexity index is 1090. The highest BCUT2D eigenvalue weighted by Gasteiger charge is 2.19. The van der Waals surface area contributed by atoms with E-state index in [1.807, 2.05) is 38.1 Å². The number of nitrogens with one attached hydrogen (secondary N) is 1. The summed E-state index contributed by atoms with van der Waals surface area (Å²) in [4.78, 5) is 18.8. The van der Waals surface area contributed by atoms with E-state index in [4.69, 9.17) is 0 Å². The molecule has 1 aliphatic rings. The maximum Gasteiger partial charge on any atom is 0.273 e. The van der Waals surface area contributed by atoms with E-state index in [0.717, 1.165) is 49.7 Å². The second kappa shape index (κ2) is 9.48. The molecule has 1 amide bonds. The van der Waals surface area contributed by atoms with E-state index in [2.05, 4.69) is 31.4 Å². The summed E-state index contributed by atoms with van der Waals surface area (Å²) in [7, 11) is 0. The van der Waals surface area contributed by atoms with Crippen LogP contribution in [-0.2, 0) is 0 Å². The summed E-state index contributed by atoms with van der Waals surface area (Å²) in [5, 5.41) is 11.8. The van der Waals surface area contributed by atoms with Crippen molar-refractivity contribution in [3.05, 3.63) is 70.8 Å². The molecule has 0 atom stereocenters. The molecule has 1 N–H and O–H groups in total. The van der Waals surface area contributed by atoms with Crippen molar-refractivity contribution < 1.29 is 9.18 Å². The van der Waals surface area contributed by atoms with Gasteiger partial charge in [-0.15, -0.1) is 5.10 Å². The SMILES string of the molecule is Cc1ccc(-n2nc(C)c(C(=O)NCCN3CCN(c4ccc(F)cc4)CC3)n2)c(C)c1. The van der Waals surface area contributed by atoms with E-state index < -0.39 is 0 Å². The Kier molecular flexibility index (Phi) is 6.50. The molecule has 1 saturated heterocycles. The predicted octanol–water partition coefficient (Wildman–Crippen LogP) is 2.88. The van der Waals surface area contributed by atoms with Gasteiger partial charge < -0.3 is 10.2 Å². The van der Waals surface area contributed by atoms with Crippen molar-refractivity contribution in [1.29, 1.82) is 0 Å². The number of rotatable bonds is 6. The molecule has 2 heterocycles. The molecular weight excluding hydrogens is 407 g/mol. The second-order valence-corrected chi connectivity index (χ2v) is 8.27. The summed E-state index contributed by atoms with van der Waals surface area (Å²) in [5.74, 6) is -0.420. The molecule has 1 aromatic heterocycles. The standard InChI is InChI=1S/C24H29FN6O/c1-17-4-9-22(18(2)16-17)31-27-19(3)23(28-31)24(32)26-10-11-29-12-14-30(15-13-29)21-7-5-20(25)6-8-21/h4-9,16H,10-15H2,1-3H3,(H,26,32). The summed E-state index contributed by atoms with van der Waals surface area (Å²) >= 11 is 0. The Morgan fingerprint density at radius 2 is 1.72 bits per heavy atom. The topological polar surface area (TPSA) is 66.3 Å². The molecule has 1 aliphatic heterocycles. The van der Waals surface area contributed by atoms with Crippen LogP contribution < -0.4 is 10.2 Å². The average molecular weight is 437 g/mol. The second-order valence-electron chi connectivity index (χ2n) is 8.27. The van der Waals surface area contributed by atoms with Crippen LogP contribution in [0.4, 0.5) is 10.1 Å². The van der Waals surface area contributed by atoms with Gasteiger partial charge in [0.2, 0.25) is 0 Å². The predicted molar refractivity (Wildman–Crippen MR) is 123 cm³/mol. The molecule has 0 aliphatic carbocycles. The molecule has 3 aromatic rings. The Labute approximate surface area is 187 Å². The fourth-order valence-electron chi connectivity index (χ4n) is 4.02. The highest BCUT2D eigenvalue weighted by Crippen LogP contribution is 2.17. The van der Waals surface area contributed by atoms with Crippen LogP contribution in [0.5, 0.6) is 0 Å². The van der Waals surface area contributed by atoms with E-state index in [0.29, 0.717) is 17.9 Å². The molecule has 8 heteroatoms. The van der Waals surface area contributed by atoms with E-state index in [1.54, 1.807) is 6.92 Å². The van der Waals surface area contributed by atoms with Crippen LogP contribution >= 0.6 is 0 Å². The lowest BCUT2D eigenvalue weighted by Crippen LogP contribution is -2.48. The largest absolute Gasteiger partial charge is 0.369 e. The Balaban J connectivity index is 1.27. The molecule has 0 bridgehead atoms. The quantitative estimate of drug-likeness (QED) is 0.644. The van der Waals surface area contributed by atoms with Gasteiger partial charge in [0.05, 0.1) is 11.4 Å². The molecule has 1 fully saturated rings. The average Bonchev–Trinajstić information content (AvgIpc) is 3.16. The molecule has 7 nitrogen and oxygen atoms in total. The van der Waals surface area contributed by atoms with Crippen LogP contribution in [-0.4, -0.2) is 65.1 Å². The first kappa shape index (κ1) is 22.0. The number of piperazine rings is 1. The van der Waals surface area contributed by atoms with Gasteiger partial charge in [0.15, 0.2) is 5.69 Å². The minimum atomic E-state index is -0.215. The highest BCUT2D eigenvalue weighted by molar-refractivity contribution is 5.93. The van der Waals surface area contributed by atoms with Gasteiger partial charge in [-0.25, -0.2) is 4.39 Å². The first-order chi connectivity index (χ1) is 15.4. The number of carbonyl (C=O) groups excluding carboxylic acids is 1.